The maximum absolute atomic E-state index is 5.59. The first-order chi connectivity index (χ1) is 9.31. The molecule has 0 amide bonds. The van der Waals surface area contributed by atoms with Crippen LogP contribution in [0, 0.1) is 0 Å². The van der Waals surface area contributed by atoms with E-state index in [1.807, 2.05) is 12.1 Å². The van der Waals surface area contributed by atoms with Crippen molar-refractivity contribution in [3.05, 3.63) is 29.8 Å². The standard InChI is InChI=1S/C15H25N3O/c1-19-15-4-2-14(3-5-15)6-8-17-10-12-18(9-7-16)13-11-17/h2-5H,6-13,16H2,1H3. The number of hydrogen-bond acceptors (Lipinski definition) is 4. The van der Waals surface area contributed by atoms with Crippen LogP contribution in [0.3, 0.4) is 0 Å². The summed E-state index contributed by atoms with van der Waals surface area (Å²) in [5.41, 5.74) is 6.97. The predicted octanol–water partition coefficient (Wildman–Crippen LogP) is 0.814. The van der Waals surface area contributed by atoms with Gasteiger partial charge in [-0.25, -0.2) is 0 Å². The van der Waals surface area contributed by atoms with Crippen LogP contribution in [0.5, 0.6) is 5.75 Å². The summed E-state index contributed by atoms with van der Waals surface area (Å²) in [4.78, 5) is 4.99. The highest BCUT2D eigenvalue weighted by molar-refractivity contribution is 5.27. The molecular formula is C15H25N3O. The summed E-state index contributed by atoms with van der Waals surface area (Å²) in [6, 6.07) is 8.38. The number of rotatable bonds is 6. The van der Waals surface area contributed by atoms with Crippen LogP contribution in [-0.4, -0.2) is 62.7 Å². The third-order valence-corrected chi connectivity index (χ3v) is 3.79. The SMILES string of the molecule is COc1ccc(CCN2CCN(CCN)CC2)cc1. The molecule has 1 fully saturated rings. The van der Waals surface area contributed by atoms with Crippen molar-refractivity contribution in [1.82, 2.24) is 9.80 Å². The molecule has 0 aromatic heterocycles. The first-order valence-corrected chi connectivity index (χ1v) is 7.09. The molecule has 1 saturated heterocycles. The topological polar surface area (TPSA) is 41.7 Å². The van der Waals surface area contributed by atoms with Gasteiger partial charge in [-0.05, 0) is 24.1 Å². The smallest absolute Gasteiger partial charge is 0.118 e. The lowest BCUT2D eigenvalue weighted by atomic mass is 10.1. The van der Waals surface area contributed by atoms with Gasteiger partial charge in [0, 0.05) is 45.8 Å². The number of hydrogen-bond donors (Lipinski definition) is 1. The number of nitrogens with zero attached hydrogens (tertiary/aromatic N) is 2. The van der Waals surface area contributed by atoms with Crippen LogP contribution >= 0.6 is 0 Å². The number of benzene rings is 1. The Morgan fingerprint density at radius 1 is 1.00 bits per heavy atom. The number of piperazine rings is 1. The summed E-state index contributed by atoms with van der Waals surface area (Å²) in [6.45, 7) is 7.58. The quantitative estimate of drug-likeness (QED) is 0.825. The second-order valence-electron chi connectivity index (χ2n) is 5.07. The van der Waals surface area contributed by atoms with E-state index in [2.05, 4.69) is 21.9 Å². The Labute approximate surface area is 116 Å². The van der Waals surface area contributed by atoms with Gasteiger partial charge in [0.05, 0.1) is 7.11 Å². The number of methoxy groups -OCH3 is 1. The van der Waals surface area contributed by atoms with Crippen LogP contribution in [0.2, 0.25) is 0 Å². The summed E-state index contributed by atoms with van der Waals surface area (Å²) in [5, 5.41) is 0. The lowest BCUT2D eigenvalue weighted by molar-refractivity contribution is 0.136. The highest BCUT2D eigenvalue weighted by Crippen LogP contribution is 2.12. The van der Waals surface area contributed by atoms with E-state index in [1.54, 1.807) is 7.11 Å². The second-order valence-corrected chi connectivity index (χ2v) is 5.07. The summed E-state index contributed by atoms with van der Waals surface area (Å²) in [5.74, 6) is 0.930. The zero-order valence-electron chi connectivity index (χ0n) is 11.8. The summed E-state index contributed by atoms with van der Waals surface area (Å²) in [7, 11) is 1.70. The Balaban J connectivity index is 1.71. The van der Waals surface area contributed by atoms with Crippen molar-refractivity contribution < 1.29 is 4.74 Å². The third-order valence-electron chi connectivity index (χ3n) is 3.79. The lowest BCUT2D eigenvalue weighted by Gasteiger charge is -2.34. The van der Waals surface area contributed by atoms with Crippen LogP contribution in [0.1, 0.15) is 5.56 Å². The van der Waals surface area contributed by atoms with Gasteiger partial charge in [-0.15, -0.1) is 0 Å². The largest absolute Gasteiger partial charge is 0.497 e. The van der Waals surface area contributed by atoms with Crippen LogP contribution in [0.25, 0.3) is 0 Å². The van der Waals surface area contributed by atoms with E-state index in [9.17, 15) is 0 Å². The molecule has 1 aromatic rings. The normalized spacial score (nSPS) is 17.6. The lowest BCUT2D eigenvalue weighted by Crippen LogP contribution is -2.48. The fraction of sp³-hybridized carbons (Fsp3) is 0.600. The van der Waals surface area contributed by atoms with Gasteiger partial charge in [0.2, 0.25) is 0 Å². The average Bonchev–Trinajstić information content (AvgIpc) is 2.47. The van der Waals surface area contributed by atoms with Crippen molar-refractivity contribution in [1.29, 1.82) is 0 Å². The molecule has 0 spiro atoms. The van der Waals surface area contributed by atoms with E-state index in [-0.39, 0.29) is 0 Å². The van der Waals surface area contributed by atoms with Gasteiger partial charge < -0.3 is 15.4 Å². The summed E-state index contributed by atoms with van der Waals surface area (Å²) < 4.78 is 5.17. The van der Waals surface area contributed by atoms with Gasteiger partial charge in [0.15, 0.2) is 0 Å². The van der Waals surface area contributed by atoms with Crippen LogP contribution in [0.15, 0.2) is 24.3 Å². The maximum atomic E-state index is 5.59. The Morgan fingerprint density at radius 3 is 2.11 bits per heavy atom. The molecule has 0 aliphatic carbocycles. The highest BCUT2D eigenvalue weighted by Gasteiger charge is 2.15. The number of ether oxygens (including phenoxy) is 1. The van der Waals surface area contributed by atoms with E-state index in [4.69, 9.17) is 10.5 Å². The Bertz CT molecular complexity index is 358. The summed E-state index contributed by atoms with van der Waals surface area (Å²) in [6.07, 6.45) is 1.11. The molecule has 19 heavy (non-hydrogen) atoms. The van der Waals surface area contributed by atoms with Crippen LogP contribution < -0.4 is 10.5 Å². The van der Waals surface area contributed by atoms with Crippen molar-refractivity contribution >= 4 is 0 Å². The highest BCUT2D eigenvalue weighted by atomic mass is 16.5. The molecule has 0 atom stereocenters. The molecule has 1 heterocycles. The Hall–Kier alpha value is -1.10. The molecule has 0 radical (unpaired) electrons. The average molecular weight is 263 g/mol. The van der Waals surface area contributed by atoms with Crippen molar-refractivity contribution in [2.45, 2.75) is 6.42 Å². The minimum absolute atomic E-state index is 0.770. The van der Waals surface area contributed by atoms with E-state index in [1.165, 1.54) is 5.56 Å². The van der Waals surface area contributed by atoms with E-state index in [0.717, 1.165) is 58.0 Å². The van der Waals surface area contributed by atoms with Gasteiger partial charge in [-0.2, -0.15) is 0 Å². The van der Waals surface area contributed by atoms with Gasteiger partial charge in [-0.3, -0.25) is 4.90 Å². The van der Waals surface area contributed by atoms with Crippen molar-refractivity contribution in [3.63, 3.8) is 0 Å². The molecule has 1 aliphatic rings. The van der Waals surface area contributed by atoms with E-state index in [0.29, 0.717) is 0 Å². The zero-order valence-corrected chi connectivity index (χ0v) is 11.8. The molecular weight excluding hydrogens is 238 g/mol. The Morgan fingerprint density at radius 2 is 1.58 bits per heavy atom. The van der Waals surface area contributed by atoms with Gasteiger partial charge >= 0.3 is 0 Å². The van der Waals surface area contributed by atoms with Crippen molar-refractivity contribution in [2.75, 3.05) is 52.9 Å². The molecule has 0 saturated carbocycles. The third kappa shape index (κ3) is 4.49. The maximum Gasteiger partial charge on any atom is 0.118 e. The molecule has 4 nitrogen and oxygen atoms in total. The van der Waals surface area contributed by atoms with E-state index < -0.39 is 0 Å². The molecule has 1 aliphatic heterocycles. The molecule has 4 heteroatoms. The molecule has 106 valence electrons. The van der Waals surface area contributed by atoms with Crippen molar-refractivity contribution in [2.24, 2.45) is 5.73 Å². The minimum atomic E-state index is 0.770. The van der Waals surface area contributed by atoms with Crippen LogP contribution in [-0.2, 0) is 6.42 Å². The number of nitrogens with two attached hydrogens (primary N) is 1. The van der Waals surface area contributed by atoms with Gasteiger partial charge in [0.25, 0.3) is 0 Å². The fourth-order valence-corrected chi connectivity index (χ4v) is 2.50. The fourth-order valence-electron chi connectivity index (χ4n) is 2.50. The van der Waals surface area contributed by atoms with Crippen molar-refractivity contribution in [3.8, 4) is 5.75 Å². The predicted molar refractivity (Wildman–Crippen MR) is 78.6 cm³/mol. The van der Waals surface area contributed by atoms with Gasteiger partial charge in [-0.1, -0.05) is 12.1 Å². The molecule has 0 unspecified atom stereocenters. The molecule has 0 bridgehead atoms. The molecule has 2 rings (SSSR count). The van der Waals surface area contributed by atoms with Gasteiger partial charge in [0.1, 0.15) is 5.75 Å². The summed E-state index contributed by atoms with van der Waals surface area (Å²) >= 11 is 0. The monoisotopic (exact) mass is 263 g/mol. The van der Waals surface area contributed by atoms with Crippen LogP contribution in [0.4, 0.5) is 0 Å². The molecule has 1 aromatic carbocycles. The zero-order chi connectivity index (χ0) is 13.5. The first kappa shape index (κ1) is 14.3. The Kier molecular flexibility index (Phi) is 5.63. The minimum Gasteiger partial charge on any atom is -0.497 e. The second kappa shape index (κ2) is 7.48. The molecule has 2 N–H and O–H groups in total. The first-order valence-electron chi connectivity index (χ1n) is 7.09. The van der Waals surface area contributed by atoms with E-state index >= 15 is 0 Å².